The smallest absolute Gasteiger partial charge is 0.344 e. The maximum atomic E-state index is 14.5. The highest BCUT2D eigenvalue weighted by molar-refractivity contribution is 5.83. The molecule has 0 bridgehead atoms. The van der Waals surface area contributed by atoms with Crippen LogP contribution in [-0.2, 0) is 22.4 Å². The molecule has 1 heterocycles. The highest BCUT2D eigenvalue weighted by Gasteiger charge is 2.37. The first-order valence-corrected chi connectivity index (χ1v) is 17.0. The van der Waals surface area contributed by atoms with E-state index in [1.54, 1.807) is 39.8 Å². The topological polar surface area (TPSA) is 118 Å². The lowest BCUT2D eigenvalue weighted by Gasteiger charge is -2.33. The molecule has 0 saturated carbocycles. The Hall–Kier alpha value is -3.30. The number of hydrogen-bond acceptors (Lipinski definition) is 7. The molecule has 0 aliphatic heterocycles. The molecule has 0 amide bonds. The van der Waals surface area contributed by atoms with E-state index in [2.05, 4.69) is 26.0 Å². The molecule has 3 aromatic rings. The minimum Gasteiger partial charge on any atom is -0.493 e. The molecule has 2 aromatic carbocycles. The fourth-order valence-corrected chi connectivity index (χ4v) is 5.73. The van der Waals surface area contributed by atoms with Crippen LogP contribution in [0, 0.1) is 5.92 Å². The third-order valence-electron chi connectivity index (χ3n) is 8.42. The molecule has 1 aromatic heterocycles. The number of hydrogen-bond donors (Lipinski definition) is 2. The fourth-order valence-electron chi connectivity index (χ4n) is 5.73. The summed E-state index contributed by atoms with van der Waals surface area (Å²) in [7, 11) is 0. The molecule has 0 aliphatic rings. The van der Waals surface area contributed by atoms with Crippen molar-refractivity contribution in [3.63, 3.8) is 0 Å². The largest absolute Gasteiger partial charge is 0.493 e. The Morgan fingerprint density at radius 2 is 1.60 bits per heavy atom. The molecule has 9 heteroatoms. The first kappa shape index (κ1) is 38.2. The van der Waals surface area contributed by atoms with Crippen LogP contribution in [0.5, 0.6) is 5.75 Å². The lowest BCUT2D eigenvalue weighted by molar-refractivity contribution is -0.152. The predicted octanol–water partition coefficient (Wildman–Crippen LogP) is 8.35. The van der Waals surface area contributed by atoms with E-state index < -0.39 is 40.9 Å². The number of nitrogens with two attached hydrogens (primary N) is 2. The number of aryl methyl sites for hydroxylation is 2. The SMILES string of the molecule is CCCCCc1ccc(-c2cc3ccc(OCCCC(F)(F)CCCOC(=O)C(CC(C)(C)N)C(C)(C)N)cc3oc2=O)c(CC)c1. The zero-order valence-corrected chi connectivity index (χ0v) is 29.1. The summed E-state index contributed by atoms with van der Waals surface area (Å²) in [4.78, 5) is 25.6. The lowest BCUT2D eigenvalue weighted by atomic mass is 9.80. The maximum absolute atomic E-state index is 14.5. The number of halogens is 2. The van der Waals surface area contributed by atoms with Gasteiger partial charge in [0.15, 0.2) is 0 Å². The minimum atomic E-state index is -2.93. The lowest BCUT2D eigenvalue weighted by Crippen LogP contribution is -2.50. The van der Waals surface area contributed by atoms with E-state index in [0.717, 1.165) is 35.8 Å². The van der Waals surface area contributed by atoms with Crippen LogP contribution >= 0.6 is 0 Å². The van der Waals surface area contributed by atoms with Crippen LogP contribution in [0.4, 0.5) is 8.78 Å². The molecule has 0 radical (unpaired) electrons. The average molecular weight is 657 g/mol. The second-order valence-corrected chi connectivity index (χ2v) is 14.1. The maximum Gasteiger partial charge on any atom is 0.344 e. The van der Waals surface area contributed by atoms with Crippen LogP contribution in [0.2, 0.25) is 0 Å². The summed E-state index contributed by atoms with van der Waals surface area (Å²) < 4.78 is 45.8. The quantitative estimate of drug-likeness (QED) is 0.0756. The molecule has 4 N–H and O–H groups in total. The summed E-state index contributed by atoms with van der Waals surface area (Å²) >= 11 is 0. The molecular formula is C38H54F2N2O5. The summed E-state index contributed by atoms with van der Waals surface area (Å²) in [5.41, 5.74) is 14.5. The van der Waals surface area contributed by atoms with Crippen molar-refractivity contribution in [2.24, 2.45) is 17.4 Å². The summed E-state index contributed by atoms with van der Waals surface area (Å²) in [6.07, 6.45) is 5.02. The fraction of sp³-hybridized carbons (Fsp3) is 0.579. The molecule has 7 nitrogen and oxygen atoms in total. The Morgan fingerprint density at radius 1 is 0.894 bits per heavy atom. The Morgan fingerprint density at radius 3 is 2.23 bits per heavy atom. The van der Waals surface area contributed by atoms with Gasteiger partial charge in [0.2, 0.25) is 5.92 Å². The van der Waals surface area contributed by atoms with Crippen molar-refractivity contribution in [2.75, 3.05) is 13.2 Å². The molecule has 0 spiro atoms. The Labute approximate surface area is 278 Å². The van der Waals surface area contributed by atoms with E-state index >= 15 is 0 Å². The van der Waals surface area contributed by atoms with Crippen molar-refractivity contribution in [1.82, 2.24) is 0 Å². The highest BCUT2D eigenvalue weighted by Crippen LogP contribution is 2.30. The minimum absolute atomic E-state index is 0.0257. The second-order valence-electron chi connectivity index (χ2n) is 14.1. The van der Waals surface area contributed by atoms with Crippen LogP contribution in [0.1, 0.15) is 104 Å². The molecule has 47 heavy (non-hydrogen) atoms. The number of ether oxygens (including phenoxy) is 2. The van der Waals surface area contributed by atoms with Crippen LogP contribution in [0.3, 0.4) is 0 Å². The van der Waals surface area contributed by atoms with Crippen LogP contribution in [0.15, 0.2) is 51.7 Å². The van der Waals surface area contributed by atoms with Gasteiger partial charge in [-0.1, -0.05) is 44.9 Å². The first-order chi connectivity index (χ1) is 22.0. The average Bonchev–Trinajstić information content (AvgIpc) is 2.99. The van der Waals surface area contributed by atoms with Gasteiger partial charge < -0.3 is 25.4 Å². The van der Waals surface area contributed by atoms with Crippen molar-refractivity contribution in [1.29, 1.82) is 0 Å². The summed E-state index contributed by atoms with van der Waals surface area (Å²) in [5, 5.41) is 0.751. The Bertz CT molecular complexity index is 1520. The van der Waals surface area contributed by atoms with Crippen LogP contribution < -0.4 is 21.8 Å². The molecule has 260 valence electrons. The number of esters is 1. The van der Waals surface area contributed by atoms with Crippen molar-refractivity contribution in [3.05, 3.63) is 64.0 Å². The standard InChI is InChI=1S/C38H54F2N2O5/c1-7-9-10-13-26-14-17-30(27(8-2)22-26)31-23-28-15-16-29(24-33(28)47-34(31)43)45-20-11-18-38(39,40)19-12-21-46-35(44)32(37(5,6)42)25-36(3,4)41/h14-17,22-24,32H,7-13,18-21,25,41-42H2,1-6H3. The van der Waals surface area contributed by atoms with E-state index in [1.807, 2.05) is 18.2 Å². The van der Waals surface area contributed by atoms with Gasteiger partial charge in [-0.05, 0) is 101 Å². The van der Waals surface area contributed by atoms with Crippen LogP contribution in [0.25, 0.3) is 22.1 Å². The van der Waals surface area contributed by atoms with E-state index in [-0.39, 0.29) is 32.5 Å². The summed E-state index contributed by atoms with van der Waals surface area (Å²) in [5.74, 6) is -3.66. The van der Waals surface area contributed by atoms with Gasteiger partial charge in [-0.2, -0.15) is 0 Å². The van der Waals surface area contributed by atoms with Gasteiger partial charge in [-0.15, -0.1) is 0 Å². The molecule has 0 fully saturated rings. The van der Waals surface area contributed by atoms with Gasteiger partial charge in [-0.25, -0.2) is 13.6 Å². The molecule has 0 aliphatic carbocycles. The van der Waals surface area contributed by atoms with Crippen LogP contribution in [-0.4, -0.2) is 36.2 Å². The zero-order valence-electron chi connectivity index (χ0n) is 29.1. The number of carbonyl (C=O) groups is 1. The van der Waals surface area contributed by atoms with E-state index in [4.69, 9.17) is 25.4 Å². The van der Waals surface area contributed by atoms with Crippen molar-refractivity contribution in [2.45, 2.75) is 123 Å². The van der Waals surface area contributed by atoms with E-state index in [1.165, 1.54) is 18.4 Å². The third kappa shape index (κ3) is 12.0. The predicted molar refractivity (Wildman–Crippen MR) is 185 cm³/mol. The number of carbonyl (C=O) groups excluding carboxylic acids is 1. The number of rotatable bonds is 19. The third-order valence-corrected chi connectivity index (χ3v) is 8.42. The van der Waals surface area contributed by atoms with Gasteiger partial charge in [-0.3, -0.25) is 4.79 Å². The molecular weight excluding hydrogens is 602 g/mol. The first-order valence-electron chi connectivity index (χ1n) is 17.0. The molecule has 3 rings (SSSR count). The van der Waals surface area contributed by atoms with E-state index in [0.29, 0.717) is 23.3 Å². The second kappa shape index (κ2) is 16.7. The van der Waals surface area contributed by atoms with Gasteiger partial charge in [0.05, 0.1) is 24.7 Å². The normalized spacial score (nSPS) is 13.1. The van der Waals surface area contributed by atoms with Crippen molar-refractivity contribution < 1.29 is 27.5 Å². The number of benzene rings is 2. The van der Waals surface area contributed by atoms with Gasteiger partial charge in [0, 0.05) is 35.4 Å². The van der Waals surface area contributed by atoms with Gasteiger partial charge in [0.25, 0.3) is 0 Å². The van der Waals surface area contributed by atoms with E-state index in [9.17, 15) is 18.4 Å². The summed E-state index contributed by atoms with van der Waals surface area (Å²) in [6.45, 7) is 11.3. The Kier molecular flexibility index (Phi) is 13.5. The molecule has 0 saturated heterocycles. The highest BCUT2D eigenvalue weighted by atomic mass is 19.3. The Balaban J connectivity index is 1.51. The van der Waals surface area contributed by atoms with Gasteiger partial charge >= 0.3 is 11.6 Å². The monoisotopic (exact) mass is 656 g/mol. The van der Waals surface area contributed by atoms with Gasteiger partial charge in [0.1, 0.15) is 11.3 Å². The van der Waals surface area contributed by atoms with Crippen molar-refractivity contribution >= 4 is 16.9 Å². The molecule has 1 unspecified atom stereocenters. The number of unbranched alkanes of at least 4 members (excludes halogenated alkanes) is 2. The summed E-state index contributed by atoms with van der Waals surface area (Å²) in [6, 6.07) is 13.3. The number of fused-ring (bicyclic) bond motifs is 1. The zero-order chi connectivity index (χ0) is 34.8. The number of alkyl halides is 2. The van der Waals surface area contributed by atoms with Crippen molar-refractivity contribution in [3.8, 4) is 16.9 Å². The molecule has 1 atom stereocenters.